The van der Waals surface area contributed by atoms with Crippen molar-refractivity contribution in [1.82, 2.24) is 4.98 Å². The van der Waals surface area contributed by atoms with Crippen molar-refractivity contribution in [2.45, 2.75) is 32.6 Å². The maximum absolute atomic E-state index is 6.01. The lowest BCUT2D eigenvalue weighted by Gasteiger charge is -2.06. The van der Waals surface area contributed by atoms with E-state index in [9.17, 15) is 0 Å². The minimum Gasteiger partial charge on any atom is -0.397 e. The molecule has 2 rings (SSSR count). The second-order valence-electron chi connectivity index (χ2n) is 4.17. The summed E-state index contributed by atoms with van der Waals surface area (Å²) in [4.78, 5) is 4.62. The molecule has 1 aromatic carbocycles. The number of aromatic nitrogens is 1. The van der Waals surface area contributed by atoms with Crippen LogP contribution in [0.25, 0.3) is 10.9 Å². The van der Waals surface area contributed by atoms with Gasteiger partial charge in [-0.2, -0.15) is 0 Å². The van der Waals surface area contributed by atoms with Gasteiger partial charge in [0.25, 0.3) is 0 Å². The van der Waals surface area contributed by atoms with Crippen LogP contribution in [0.5, 0.6) is 0 Å². The number of fused-ring (bicyclic) bond motifs is 1. The van der Waals surface area contributed by atoms with Gasteiger partial charge in [-0.15, -0.1) is 0 Å². The molecule has 16 heavy (non-hydrogen) atoms. The molecule has 1 heterocycles. The van der Waals surface area contributed by atoms with Crippen LogP contribution in [-0.2, 0) is 6.42 Å². The third-order valence-corrected chi connectivity index (χ3v) is 2.85. The first-order chi connectivity index (χ1) is 7.81. The predicted molar refractivity (Wildman–Crippen MR) is 69.4 cm³/mol. The highest BCUT2D eigenvalue weighted by Gasteiger charge is 2.03. The SMILES string of the molecule is CCCCCc1nc2ccccc2cc1N. The van der Waals surface area contributed by atoms with E-state index in [1.165, 1.54) is 19.3 Å². The molecule has 0 saturated heterocycles. The number of para-hydroxylation sites is 1. The van der Waals surface area contributed by atoms with Gasteiger partial charge in [0.15, 0.2) is 0 Å². The second kappa shape index (κ2) is 4.97. The quantitative estimate of drug-likeness (QED) is 0.790. The first-order valence-electron chi connectivity index (χ1n) is 5.95. The van der Waals surface area contributed by atoms with Crippen LogP contribution in [0.15, 0.2) is 30.3 Å². The van der Waals surface area contributed by atoms with Gasteiger partial charge in [-0.25, -0.2) is 0 Å². The van der Waals surface area contributed by atoms with E-state index in [4.69, 9.17) is 5.73 Å². The van der Waals surface area contributed by atoms with Crippen LogP contribution in [0.3, 0.4) is 0 Å². The normalized spacial score (nSPS) is 10.8. The number of nitrogens with two attached hydrogens (primary N) is 1. The van der Waals surface area contributed by atoms with Crippen molar-refractivity contribution in [3.05, 3.63) is 36.0 Å². The fourth-order valence-electron chi connectivity index (χ4n) is 1.91. The highest BCUT2D eigenvalue weighted by Crippen LogP contribution is 2.19. The Kier molecular flexibility index (Phi) is 3.40. The zero-order valence-corrected chi connectivity index (χ0v) is 9.74. The Bertz CT molecular complexity index is 477. The van der Waals surface area contributed by atoms with Crippen molar-refractivity contribution < 1.29 is 0 Å². The van der Waals surface area contributed by atoms with Crippen LogP contribution in [0, 0.1) is 0 Å². The number of pyridine rings is 1. The molecule has 0 saturated carbocycles. The summed E-state index contributed by atoms with van der Waals surface area (Å²) in [6, 6.07) is 10.2. The molecule has 1 aromatic heterocycles. The van der Waals surface area contributed by atoms with Crippen molar-refractivity contribution >= 4 is 16.6 Å². The average molecular weight is 214 g/mol. The van der Waals surface area contributed by atoms with Gasteiger partial charge in [0, 0.05) is 5.39 Å². The van der Waals surface area contributed by atoms with E-state index in [1.54, 1.807) is 0 Å². The number of anilines is 1. The van der Waals surface area contributed by atoms with Crippen LogP contribution in [0.2, 0.25) is 0 Å². The second-order valence-corrected chi connectivity index (χ2v) is 4.17. The number of hydrogen-bond acceptors (Lipinski definition) is 2. The Labute approximate surface area is 96.5 Å². The molecule has 0 amide bonds. The number of aryl methyl sites for hydroxylation is 1. The van der Waals surface area contributed by atoms with E-state index in [2.05, 4.69) is 18.0 Å². The average Bonchev–Trinajstić information content (AvgIpc) is 2.30. The smallest absolute Gasteiger partial charge is 0.0706 e. The number of hydrogen-bond donors (Lipinski definition) is 1. The van der Waals surface area contributed by atoms with E-state index < -0.39 is 0 Å². The molecule has 0 aliphatic rings. The minimum absolute atomic E-state index is 0.829. The molecule has 0 unspecified atom stereocenters. The Morgan fingerprint density at radius 3 is 2.81 bits per heavy atom. The fraction of sp³-hybridized carbons (Fsp3) is 0.357. The molecule has 2 N–H and O–H groups in total. The number of unbranched alkanes of at least 4 members (excludes halogenated alkanes) is 2. The number of rotatable bonds is 4. The fourth-order valence-corrected chi connectivity index (χ4v) is 1.91. The van der Waals surface area contributed by atoms with Crippen molar-refractivity contribution in [2.24, 2.45) is 0 Å². The molecule has 0 bridgehead atoms. The van der Waals surface area contributed by atoms with Gasteiger partial charge in [0.05, 0.1) is 16.9 Å². The summed E-state index contributed by atoms with van der Waals surface area (Å²) in [5, 5.41) is 1.12. The Morgan fingerprint density at radius 1 is 1.19 bits per heavy atom. The lowest BCUT2D eigenvalue weighted by atomic mass is 10.1. The van der Waals surface area contributed by atoms with Crippen molar-refractivity contribution in [3.8, 4) is 0 Å². The summed E-state index contributed by atoms with van der Waals surface area (Å²) in [7, 11) is 0. The minimum atomic E-state index is 0.829. The zero-order chi connectivity index (χ0) is 11.4. The lowest BCUT2D eigenvalue weighted by molar-refractivity contribution is 0.710. The Hall–Kier alpha value is -1.57. The molecule has 0 radical (unpaired) electrons. The Balaban J connectivity index is 2.27. The summed E-state index contributed by atoms with van der Waals surface area (Å²) in [6.45, 7) is 2.21. The van der Waals surface area contributed by atoms with Crippen LogP contribution < -0.4 is 5.73 Å². The highest BCUT2D eigenvalue weighted by molar-refractivity contribution is 5.82. The maximum atomic E-state index is 6.01. The summed E-state index contributed by atoms with van der Waals surface area (Å²) >= 11 is 0. The van der Waals surface area contributed by atoms with Crippen LogP contribution in [0.1, 0.15) is 31.9 Å². The standard InChI is InChI=1S/C14H18N2/c1-2-3-4-9-14-12(15)10-11-7-5-6-8-13(11)16-14/h5-8,10H,2-4,9,15H2,1H3. The summed E-state index contributed by atoms with van der Waals surface area (Å²) in [5.74, 6) is 0. The predicted octanol–water partition coefficient (Wildman–Crippen LogP) is 3.55. The van der Waals surface area contributed by atoms with Crippen molar-refractivity contribution in [3.63, 3.8) is 0 Å². The van der Waals surface area contributed by atoms with E-state index >= 15 is 0 Å². The molecule has 0 aliphatic heterocycles. The van der Waals surface area contributed by atoms with Gasteiger partial charge < -0.3 is 5.73 Å². The summed E-state index contributed by atoms with van der Waals surface area (Å²) < 4.78 is 0. The molecule has 0 spiro atoms. The first-order valence-corrected chi connectivity index (χ1v) is 5.95. The van der Waals surface area contributed by atoms with Gasteiger partial charge in [-0.05, 0) is 25.0 Å². The number of nitrogen functional groups attached to an aromatic ring is 1. The van der Waals surface area contributed by atoms with Gasteiger partial charge >= 0.3 is 0 Å². The Morgan fingerprint density at radius 2 is 2.00 bits per heavy atom. The number of benzene rings is 1. The highest BCUT2D eigenvalue weighted by atomic mass is 14.7. The van der Waals surface area contributed by atoms with E-state index in [0.717, 1.165) is 28.7 Å². The van der Waals surface area contributed by atoms with E-state index in [1.807, 2.05) is 24.3 Å². The largest absolute Gasteiger partial charge is 0.397 e. The topological polar surface area (TPSA) is 38.9 Å². The van der Waals surface area contributed by atoms with Crippen LogP contribution >= 0.6 is 0 Å². The third kappa shape index (κ3) is 2.32. The lowest BCUT2D eigenvalue weighted by Crippen LogP contribution is -1.98. The monoisotopic (exact) mass is 214 g/mol. The van der Waals surface area contributed by atoms with Gasteiger partial charge in [-0.1, -0.05) is 38.0 Å². The molecular formula is C14H18N2. The van der Waals surface area contributed by atoms with Crippen LogP contribution in [0.4, 0.5) is 5.69 Å². The van der Waals surface area contributed by atoms with Crippen molar-refractivity contribution in [1.29, 1.82) is 0 Å². The molecule has 0 atom stereocenters. The molecule has 2 aromatic rings. The maximum Gasteiger partial charge on any atom is 0.0706 e. The zero-order valence-electron chi connectivity index (χ0n) is 9.74. The van der Waals surface area contributed by atoms with Gasteiger partial charge in [0.1, 0.15) is 0 Å². The summed E-state index contributed by atoms with van der Waals surface area (Å²) in [6.07, 6.45) is 4.64. The van der Waals surface area contributed by atoms with E-state index in [-0.39, 0.29) is 0 Å². The molecule has 0 aliphatic carbocycles. The van der Waals surface area contributed by atoms with Gasteiger partial charge in [-0.3, -0.25) is 4.98 Å². The van der Waals surface area contributed by atoms with Gasteiger partial charge in [0.2, 0.25) is 0 Å². The van der Waals surface area contributed by atoms with Crippen molar-refractivity contribution in [2.75, 3.05) is 5.73 Å². The molecule has 2 nitrogen and oxygen atoms in total. The molecule has 84 valence electrons. The first kappa shape index (κ1) is 10.9. The third-order valence-electron chi connectivity index (χ3n) is 2.85. The molecule has 0 fully saturated rings. The molecular weight excluding hydrogens is 196 g/mol. The van der Waals surface area contributed by atoms with E-state index in [0.29, 0.717) is 0 Å². The van der Waals surface area contributed by atoms with Crippen LogP contribution in [-0.4, -0.2) is 4.98 Å². The summed E-state index contributed by atoms with van der Waals surface area (Å²) in [5.41, 5.74) is 8.93. The molecule has 2 heteroatoms. The number of nitrogens with zero attached hydrogens (tertiary/aromatic N) is 1.